The second-order valence-electron chi connectivity index (χ2n) is 11.6. The van der Waals surface area contributed by atoms with Gasteiger partial charge in [0, 0.05) is 5.92 Å². The zero-order valence-electron chi connectivity index (χ0n) is 20.3. The first-order chi connectivity index (χ1) is 14.1. The molecule has 2 bridgehead atoms. The molecule has 5 heteroatoms. The smallest absolute Gasteiger partial charge is 0.183 e. The maximum atomic E-state index is 14.1. The lowest BCUT2D eigenvalue weighted by Gasteiger charge is -2.41. The van der Waals surface area contributed by atoms with E-state index in [1.54, 1.807) is 20.8 Å². The first-order valence-electron chi connectivity index (χ1n) is 11.5. The summed E-state index contributed by atoms with van der Waals surface area (Å²) in [6.45, 7) is 15.0. The van der Waals surface area contributed by atoms with Crippen LogP contribution in [0, 0.1) is 34.0 Å². The SMILES string of the molecule is CCC(C)C(=O)C1=C(O)C2(CC=C(C)C)CC3C(CC(C(C)(C)O)C3(C)C)(C1=O)C2=O. The minimum absolute atomic E-state index is 0.161. The van der Waals surface area contributed by atoms with E-state index in [4.69, 9.17) is 0 Å². The molecular weight excluding hydrogens is 392 g/mol. The van der Waals surface area contributed by atoms with Crippen molar-refractivity contribution in [1.82, 2.24) is 0 Å². The molecule has 5 nitrogen and oxygen atoms in total. The minimum Gasteiger partial charge on any atom is -0.510 e. The summed E-state index contributed by atoms with van der Waals surface area (Å²) >= 11 is 0. The molecule has 0 aromatic heterocycles. The molecule has 3 rings (SSSR count). The third kappa shape index (κ3) is 3.02. The summed E-state index contributed by atoms with van der Waals surface area (Å²) in [5.74, 6) is -2.50. The van der Waals surface area contributed by atoms with Gasteiger partial charge in [0.1, 0.15) is 11.3 Å². The number of ketones is 3. The molecule has 0 heterocycles. The minimum atomic E-state index is -1.35. The van der Waals surface area contributed by atoms with Crippen LogP contribution in [-0.4, -0.2) is 33.2 Å². The fraction of sp³-hybridized carbons (Fsp3) is 0.731. The largest absolute Gasteiger partial charge is 0.510 e. The van der Waals surface area contributed by atoms with Gasteiger partial charge in [-0.1, -0.05) is 39.3 Å². The summed E-state index contributed by atoms with van der Waals surface area (Å²) < 4.78 is 0. The number of hydrogen-bond donors (Lipinski definition) is 2. The van der Waals surface area contributed by atoms with Crippen molar-refractivity contribution in [3.63, 3.8) is 0 Å². The summed E-state index contributed by atoms with van der Waals surface area (Å²) in [4.78, 5) is 41.3. The molecule has 0 saturated heterocycles. The van der Waals surface area contributed by atoms with Gasteiger partial charge >= 0.3 is 0 Å². The number of Topliss-reactive ketones (excluding diaryl/α,β-unsaturated/α-hetero) is 3. The number of carbonyl (C=O) groups excluding carboxylic acids is 3. The van der Waals surface area contributed by atoms with Gasteiger partial charge in [0.2, 0.25) is 0 Å². The number of aliphatic hydroxyl groups excluding tert-OH is 1. The van der Waals surface area contributed by atoms with Gasteiger partial charge < -0.3 is 10.2 Å². The Hall–Kier alpha value is -1.75. The molecule has 0 aromatic carbocycles. The van der Waals surface area contributed by atoms with E-state index in [1.807, 2.05) is 40.7 Å². The van der Waals surface area contributed by atoms with Crippen molar-refractivity contribution in [3.05, 3.63) is 23.0 Å². The Morgan fingerprint density at radius 2 is 1.81 bits per heavy atom. The lowest BCUT2D eigenvalue weighted by Crippen LogP contribution is -2.50. The average Bonchev–Trinajstić information content (AvgIpc) is 3.03. The molecule has 1 spiro atoms. The zero-order chi connectivity index (χ0) is 23.7. The maximum absolute atomic E-state index is 14.1. The highest BCUT2D eigenvalue weighted by Gasteiger charge is 2.78. The van der Waals surface area contributed by atoms with Gasteiger partial charge in [0.25, 0.3) is 0 Å². The molecule has 5 unspecified atom stereocenters. The van der Waals surface area contributed by atoms with Gasteiger partial charge in [0.05, 0.1) is 16.4 Å². The van der Waals surface area contributed by atoms with E-state index in [2.05, 4.69) is 0 Å². The van der Waals surface area contributed by atoms with Crippen molar-refractivity contribution in [3.8, 4) is 0 Å². The van der Waals surface area contributed by atoms with Gasteiger partial charge in [-0.05, 0) is 70.6 Å². The van der Waals surface area contributed by atoms with Crippen LogP contribution in [0.2, 0.25) is 0 Å². The summed E-state index contributed by atoms with van der Waals surface area (Å²) in [6, 6.07) is 0. The maximum Gasteiger partial charge on any atom is 0.183 e. The second-order valence-corrected chi connectivity index (χ2v) is 11.6. The van der Waals surface area contributed by atoms with Crippen LogP contribution in [0.3, 0.4) is 0 Å². The number of hydrogen-bond acceptors (Lipinski definition) is 5. The van der Waals surface area contributed by atoms with Crippen molar-refractivity contribution in [2.45, 2.75) is 86.7 Å². The predicted molar refractivity (Wildman–Crippen MR) is 119 cm³/mol. The van der Waals surface area contributed by atoms with Gasteiger partial charge in [-0.15, -0.1) is 0 Å². The molecule has 0 aromatic rings. The van der Waals surface area contributed by atoms with E-state index >= 15 is 0 Å². The molecule has 172 valence electrons. The van der Waals surface area contributed by atoms with Crippen LogP contribution in [0.25, 0.3) is 0 Å². The standard InChI is InChI=1S/C26H38O5/c1-9-15(4)19(27)18-20(28)25(11-10-14(2)3)12-17-23(5,6)16(24(7,8)31)13-26(17,21(18)29)22(25)30/h10,15-17,28,31H,9,11-13H2,1-8H3. The molecule has 2 fully saturated rings. The van der Waals surface area contributed by atoms with Crippen molar-refractivity contribution in [1.29, 1.82) is 0 Å². The quantitative estimate of drug-likeness (QED) is 0.361. The van der Waals surface area contributed by atoms with Crippen LogP contribution in [0.5, 0.6) is 0 Å². The van der Waals surface area contributed by atoms with Crippen LogP contribution in [-0.2, 0) is 14.4 Å². The first kappa shape index (κ1) is 23.9. The Morgan fingerprint density at radius 3 is 2.29 bits per heavy atom. The average molecular weight is 431 g/mol. The van der Waals surface area contributed by atoms with Crippen LogP contribution < -0.4 is 0 Å². The van der Waals surface area contributed by atoms with Crippen molar-refractivity contribution < 1.29 is 24.6 Å². The van der Waals surface area contributed by atoms with Gasteiger partial charge in [0.15, 0.2) is 17.3 Å². The number of allylic oxidation sites excluding steroid dienone is 4. The molecular formula is C26H38O5. The van der Waals surface area contributed by atoms with E-state index in [-0.39, 0.29) is 47.6 Å². The van der Waals surface area contributed by atoms with E-state index < -0.39 is 33.5 Å². The lowest BCUT2D eigenvalue weighted by molar-refractivity contribution is -0.145. The Morgan fingerprint density at radius 1 is 1.23 bits per heavy atom. The predicted octanol–water partition coefficient (Wildman–Crippen LogP) is 4.73. The van der Waals surface area contributed by atoms with Gasteiger partial charge in [-0.3, -0.25) is 14.4 Å². The number of fused-ring (bicyclic) bond motifs is 1. The summed E-state index contributed by atoms with van der Waals surface area (Å²) in [5.41, 5.74) is -3.32. The fourth-order valence-electron chi connectivity index (χ4n) is 6.76. The van der Waals surface area contributed by atoms with E-state index in [9.17, 15) is 24.6 Å². The van der Waals surface area contributed by atoms with Crippen LogP contribution in [0.15, 0.2) is 23.0 Å². The van der Waals surface area contributed by atoms with Gasteiger partial charge in [-0.2, -0.15) is 0 Å². The topological polar surface area (TPSA) is 91.7 Å². The highest BCUT2D eigenvalue weighted by atomic mass is 16.3. The third-order valence-electron chi connectivity index (χ3n) is 8.65. The fourth-order valence-corrected chi connectivity index (χ4v) is 6.76. The molecule has 0 radical (unpaired) electrons. The van der Waals surface area contributed by atoms with Crippen LogP contribution in [0.1, 0.15) is 81.1 Å². The molecule has 2 N–H and O–H groups in total. The second kappa shape index (κ2) is 7.13. The Labute approximate surface area is 186 Å². The third-order valence-corrected chi connectivity index (χ3v) is 8.65. The van der Waals surface area contributed by atoms with Crippen molar-refractivity contribution >= 4 is 17.3 Å². The van der Waals surface area contributed by atoms with E-state index in [0.717, 1.165) is 5.57 Å². The Kier molecular flexibility index (Phi) is 5.50. The zero-order valence-corrected chi connectivity index (χ0v) is 20.3. The lowest BCUT2D eigenvalue weighted by atomic mass is 9.62. The molecule has 3 aliphatic carbocycles. The Balaban J connectivity index is 2.29. The number of aliphatic hydroxyl groups is 2. The van der Waals surface area contributed by atoms with Crippen molar-refractivity contribution in [2.75, 3.05) is 0 Å². The van der Waals surface area contributed by atoms with E-state index in [0.29, 0.717) is 12.8 Å². The monoisotopic (exact) mass is 430 g/mol. The summed E-state index contributed by atoms with van der Waals surface area (Å²) in [6.07, 6.45) is 3.29. The van der Waals surface area contributed by atoms with Crippen molar-refractivity contribution in [2.24, 2.45) is 34.0 Å². The highest BCUT2D eigenvalue weighted by Crippen LogP contribution is 2.73. The summed E-state index contributed by atoms with van der Waals surface area (Å²) in [7, 11) is 0. The molecule has 0 amide bonds. The molecule has 2 saturated carbocycles. The first-order valence-corrected chi connectivity index (χ1v) is 11.5. The molecule has 5 atom stereocenters. The molecule has 3 aliphatic rings. The van der Waals surface area contributed by atoms with Crippen LogP contribution >= 0.6 is 0 Å². The van der Waals surface area contributed by atoms with Gasteiger partial charge in [-0.25, -0.2) is 0 Å². The van der Waals surface area contributed by atoms with E-state index in [1.165, 1.54) is 0 Å². The Bertz CT molecular complexity index is 895. The summed E-state index contributed by atoms with van der Waals surface area (Å²) in [5, 5.41) is 22.3. The van der Waals surface area contributed by atoms with Crippen LogP contribution in [0.4, 0.5) is 0 Å². The molecule has 31 heavy (non-hydrogen) atoms. The molecule has 0 aliphatic heterocycles. The highest BCUT2D eigenvalue weighted by molar-refractivity contribution is 6.32. The number of rotatable bonds is 6. The number of carbonyl (C=O) groups is 3. The normalized spacial score (nSPS) is 35.3.